The van der Waals surface area contributed by atoms with E-state index in [4.69, 9.17) is 0 Å². The average Bonchev–Trinajstić information content (AvgIpc) is 2.55. The molecular weight excluding hydrogens is 296 g/mol. The Balaban J connectivity index is 2.21. The molecule has 1 fully saturated rings. The third-order valence-corrected chi connectivity index (χ3v) is 4.25. The quantitative estimate of drug-likeness (QED) is 0.846. The minimum absolute atomic E-state index is 0.0209. The molecule has 1 aliphatic rings. The molecule has 1 saturated heterocycles. The van der Waals surface area contributed by atoms with E-state index in [0.717, 1.165) is 11.1 Å². The van der Waals surface area contributed by atoms with Gasteiger partial charge < -0.3 is 15.0 Å². The van der Waals surface area contributed by atoms with E-state index in [1.54, 1.807) is 11.9 Å². The number of hydrogen-bond acceptors (Lipinski definition) is 4. The lowest BCUT2D eigenvalue weighted by Crippen LogP contribution is -2.47. The number of methoxy groups -OCH3 is 1. The summed E-state index contributed by atoms with van der Waals surface area (Å²) < 4.78 is 4.53. The van der Waals surface area contributed by atoms with Crippen LogP contribution in [0.1, 0.15) is 30.0 Å². The number of piperidine rings is 1. The molecule has 1 heterocycles. The molecule has 0 aliphatic carbocycles. The Bertz CT molecular complexity index is 597. The van der Waals surface area contributed by atoms with Crippen LogP contribution >= 0.6 is 0 Å². The molecule has 1 aliphatic heterocycles. The molecule has 2 amide bonds. The van der Waals surface area contributed by atoms with Crippen LogP contribution in [0.4, 0.5) is 0 Å². The van der Waals surface area contributed by atoms with Crippen molar-refractivity contribution in [3.63, 3.8) is 0 Å². The highest BCUT2D eigenvalue weighted by Crippen LogP contribution is 2.35. The molecule has 2 rings (SSSR count). The van der Waals surface area contributed by atoms with Gasteiger partial charge in [-0.1, -0.05) is 29.8 Å². The van der Waals surface area contributed by atoms with Gasteiger partial charge in [-0.3, -0.25) is 14.4 Å². The van der Waals surface area contributed by atoms with E-state index >= 15 is 0 Å². The first-order valence-electron chi connectivity index (χ1n) is 7.60. The van der Waals surface area contributed by atoms with Gasteiger partial charge in [0.15, 0.2) is 0 Å². The van der Waals surface area contributed by atoms with E-state index in [2.05, 4.69) is 10.1 Å². The summed E-state index contributed by atoms with van der Waals surface area (Å²) in [6, 6.07) is 7.48. The Hall–Kier alpha value is -2.37. The van der Waals surface area contributed by atoms with Crippen LogP contribution in [-0.2, 0) is 19.1 Å². The fourth-order valence-electron chi connectivity index (χ4n) is 2.89. The lowest BCUT2D eigenvalue weighted by Gasteiger charge is -2.38. The molecule has 1 aromatic carbocycles. The SMILES string of the molecule is COC(=O)CNC(=O)[C@H]1CCC(=O)N(C)[C@@H]1c1ccc(C)cc1. The summed E-state index contributed by atoms with van der Waals surface area (Å²) in [5, 5.41) is 2.60. The number of nitrogens with one attached hydrogen (secondary N) is 1. The number of amides is 2. The predicted molar refractivity (Wildman–Crippen MR) is 84.4 cm³/mol. The van der Waals surface area contributed by atoms with E-state index in [0.29, 0.717) is 12.8 Å². The fraction of sp³-hybridized carbons (Fsp3) is 0.471. The number of rotatable bonds is 4. The Labute approximate surface area is 135 Å². The molecule has 0 bridgehead atoms. The Morgan fingerprint density at radius 1 is 1.30 bits per heavy atom. The van der Waals surface area contributed by atoms with E-state index in [1.807, 2.05) is 31.2 Å². The molecule has 2 atom stereocenters. The standard InChI is InChI=1S/C17H22N2O4/c1-11-4-6-12(7-5-11)16-13(8-9-14(20)19(16)2)17(22)18-10-15(21)23-3/h4-7,13,16H,8-10H2,1-3H3,(H,18,22)/t13-,16+/m0/s1. The summed E-state index contributed by atoms with van der Waals surface area (Å²) in [6.45, 7) is 1.82. The molecule has 6 nitrogen and oxygen atoms in total. The zero-order valence-electron chi connectivity index (χ0n) is 13.7. The lowest BCUT2D eigenvalue weighted by molar-refractivity contribution is -0.145. The maximum Gasteiger partial charge on any atom is 0.325 e. The molecule has 0 saturated carbocycles. The number of carbonyl (C=O) groups is 3. The van der Waals surface area contributed by atoms with E-state index < -0.39 is 5.97 Å². The van der Waals surface area contributed by atoms with Crippen molar-refractivity contribution in [3.05, 3.63) is 35.4 Å². The average molecular weight is 318 g/mol. The van der Waals surface area contributed by atoms with Crippen molar-refractivity contribution in [3.8, 4) is 0 Å². The maximum atomic E-state index is 12.5. The molecule has 0 radical (unpaired) electrons. The summed E-state index contributed by atoms with van der Waals surface area (Å²) in [7, 11) is 2.99. The van der Waals surface area contributed by atoms with Gasteiger partial charge in [0, 0.05) is 13.5 Å². The summed E-state index contributed by atoms with van der Waals surface area (Å²) in [5.74, 6) is -1.09. The number of esters is 1. The van der Waals surface area contributed by atoms with Gasteiger partial charge in [0.1, 0.15) is 6.54 Å². The molecule has 23 heavy (non-hydrogen) atoms. The fourth-order valence-corrected chi connectivity index (χ4v) is 2.89. The zero-order valence-corrected chi connectivity index (χ0v) is 13.7. The first-order valence-corrected chi connectivity index (χ1v) is 7.60. The van der Waals surface area contributed by atoms with Crippen molar-refractivity contribution in [2.24, 2.45) is 5.92 Å². The van der Waals surface area contributed by atoms with Crippen molar-refractivity contribution >= 4 is 17.8 Å². The monoisotopic (exact) mass is 318 g/mol. The van der Waals surface area contributed by atoms with Gasteiger partial charge in [0.05, 0.1) is 19.1 Å². The number of carbonyl (C=O) groups excluding carboxylic acids is 3. The first-order chi connectivity index (χ1) is 10.9. The van der Waals surface area contributed by atoms with Crippen molar-refractivity contribution in [2.75, 3.05) is 20.7 Å². The zero-order chi connectivity index (χ0) is 17.0. The van der Waals surface area contributed by atoms with Crippen LogP contribution < -0.4 is 5.32 Å². The van der Waals surface area contributed by atoms with Gasteiger partial charge >= 0.3 is 5.97 Å². The van der Waals surface area contributed by atoms with Crippen LogP contribution in [0.25, 0.3) is 0 Å². The molecule has 0 unspecified atom stereocenters. The second kappa shape index (κ2) is 7.26. The van der Waals surface area contributed by atoms with Gasteiger partial charge in [-0.15, -0.1) is 0 Å². The molecule has 1 aromatic rings. The highest BCUT2D eigenvalue weighted by molar-refractivity contribution is 5.87. The van der Waals surface area contributed by atoms with Gasteiger partial charge in [-0.2, -0.15) is 0 Å². The molecule has 0 spiro atoms. The van der Waals surface area contributed by atoms with E-state index in [-0.39, 0.29) is 30.3 Å². The largest absolute Gasteiger partial charge is 0.468 e. The number of likely N-dealkylation sites (tertiary alicyclic amines) is 1. The van der Waals surface area contributed by atoms with Crippen LogP contribution in [-0.4, -0.2) is 43.4 Å². The Morgan fingerprint density at radius 3 is 2.57 bits per heavy atom. The van der Waals surface area contributed by atoms with Crippen LogP contribution in [0.3, 0.4) is 0 Å². The summed E-state index contributed by atoms with van der Waals surface area (Å²) in [6.07, 6.45) is 0.796. The molecular formula is C17H22N2O4. The smallest absolute Gasteiger partial charge is 0.325 e. The van der Waals surface area contributed by atoms with Crippen LogP contribution in [0, 0.1) is 12.8 Å². The van der Waals surface area contributed by atoms with Crippen molar-refractivity contribution in [2.45, 2.75) is 25.8 Å². The number of nitrogens with zero attached hydrogens (tertiary/aromatic N) is 1. The molecule has 0 aromatic heterocycles. The molecule has 124 valence electrons. The van der Waals surface area contributed by atoms with Crippen molar-refractivity contribution in [1.82, 2.24) is 10.2 Å². The third-order valence-electron chi connectivity index (χ3n) is 4.25. The Morgan fingerprint density at radius 2 is 1.96 bits per heavy atom. The topological polar surface area (TPSA) is 75.7 Å². The summed E-state index contributed by atoms with van der Waals surface area (Å²) in [4.78, 5) is 37.3. The number of aryl methyl sites for hydroxylation is 1. The third kappa shape index (κ3) is 3.88. The number of hydrogen-bond donors (Lipinski definition) is 1. The van der Waals surface area contributed by atoms with E-state index in [1.165, 1.54) is 7.11 Å². The van der Waals surface area contributed by atoms with Crippen LogP contribution in [0.5, 0.6) is 0 Å². The van der Waals surface area contributed by atoms with Gasteiger partial charge in [0.25, 0.3) is 0 Å². The van der Waals surface area contributed by atoms with E-state index in [9.17, 15) is 14.4 Å². The maximum absolute atomic E-state index is 12.5. The second-order valence-corrected chi connectivity index (χ2v) is 5.80. The summed E-state index contributed by atoms with van der Waals surface area (Å²) in [5.41, 5.74) is 2.04. The highest BCUT2D eigenvalue weighted by Gasteiger charge is 2.38. The van der Waals surface area contributed by atoms with Crippen LogP contribution in [0.15, 0.2) is 24.3 Å². The van der Waals surface area contributed by atoms with Crippen molar-refractivity contribution < 1.29 is 19.1 Å². The second-order valence-electron chi connectivity index (χ2n) is 5.80. The van der Waals surface area contributed by atoms with Gasteiger partial charge in [-0.25, -0.2) is 0 Å². The molecule has 1 N–H and O–H groups in total. The minimum Gasteiger partial charge on any atom is -0.468 e. The highest BCUT2D eigenvalue weighted by atomic mass is 16.5. The minimum atomic E-state index is -0.495. The van der Waals surface area contributed by atoms with Crippen LogP contribution in [0.2, 0.25) is 0 Å². The van der Waals surface area contributed by atoms with Crippen molar-refractivity contribution in [1.29, 1.82) is 0 Å². The summed E-state index contributed by atoms with van der Waals surface area (Å²) >= 11 is 0. The van der Waals surface area contributed by atoms with Gasteiger partial charge in [-0.05, 0) is 18.9 Å². The normalized spacial score (nSPS) is 21.0. The number of benzene rings is 1. The van der Waals surface area contributed by atoms with Gasteiger partial charge in [0.2, 0.25) is 11.8 Å². The molecule has 6 heteroatoms. The first kappa shape index (κ1) is 17.0. The Kier molecular flexibility index (Phi) is 5.36. The lowest BCUT2D eigenvalue weighted by atomic mass is 9.83. The number of ether oxygens (including phenoxy) is 1. The predicted octanol–water partition coefficient (Wildman–Crippen LogP) is 1.19.